The standard InChI is InChI=1S/C23H27F2N3O4/c1-13-20-16(22(24)25)11-17(26-23(20)32-27-13)15-5-7-28(8-6-15)12-14-9-18(29-2)21(31-4)19(10-14)30-3/h9-11,15,22H,5-8,12H2,1-4H3. The van der Waals surface area contributed by atoms with E-state index in [0.29, 0.717) is 34.0 Å². The summed E-state index contributed by atoms with van der Waals surface area (Å²) < 4.78 is 48.8. The molecule has 9 heteroatoms. The van der Waals surface area contributed by atoms with Crippen molar-refractivity contribution in [2.45, 2.75) is 38.7 Å². The molecule has 172 valence electrons. The van der Waals surface area contributed by atoms with Crippen molar-refractivity contribution < 1.29 is 27.5 Å². The maximum Gasteiger partial charge on any atom is 0.264 e. The number of hydrogen-bond donors (Lipinski definition) is 0. The Morgan fingerprint density at radius 1 is 1.06 bits per heavy atom. The molecule has 0 atom stereocenters. The summed E-state index contributed by atoms with van der Waals surface area (Å²) in [6.07, 6.45) is -0.963. The van der Waals surface area contributed by atoms with Crippen molar-refractivity contribution in [3.63, 3.8) is 0 Å². The van der Waals surface area contributed by atoms with E-state index in [9.17, 15) is 8.78 Å². The zero-order valence-corrected chi connectivity index (χ0v) is 18.7. The molecule has 1 saturated heterocycles. The summed E-state index contributed by atoms with van der Waals surface area (Å²) in [5, 5.41) is 4.14. The molecule has 7 nitrogen and oxygen atoms in total. The molecule has 3 heterocycles. The van der Waals surface area contributed by atoms with E-state index < -0.39 is 6.43 Å². The van der Waals surface area contributed by atoms with Crippen LogP contribution in [-0.4, -0.2) is 49.5 Å². The van der Waals surface area contributed by atoms with Crippen LogP contribution in [0.1, 0.15) is 47.7 Å². The molecule has 1 aliphatic rings. The number of aromatic nitrogens is 2. The van der Waals surface area contributed by atoms with Crippen LogP contribution in [0.4, 0.5) is 8.78 Å². The highest BCUT2D eigenvalue weighted by molar-refractivity contribution is 5.80. The Morgan fingerprint density at radius 3 is 2.28 bits per heavy atom. The average Bonchev–Trinajstić information content (AvgIpc) is 3.18. The van der Waals surface area contributed by atoms with E-state index in [-0.39, 0.29) is 17.2 Å². The number of methoxy groups -OCH3 is 3. The number of alkyl halides is 2. The average molecular weight is 447 g/mol. The monoisotopic (exact) mass is 447 g/mol. The van der Waals surface area contributed by atoms with E-state index in [1.807, 2.05) is 12.1 Å². The first-order chi connectivity index (χ1) is 15.4. The number of fused-ring (bicyclic) bond motifs is 1. The molecular weight excluding hydrogens is 420 g/mol. The highest BCUT2D eigenvalue weighted by Crippen LogP contribution is 2.39. The van der Waals surface area contributed by atoms with Crippen molar-refractivity contribution in [1.82, 2.24) is 15.0 Å². The normalized spacial score (nSPS) is 15.5. The van der Waals surface area contributed by atoms with Crippen LogP contribution in [0.5, 0.6) is 17.2 Å². The van der Waals surface area contributed by atoms with Crippen molar-refractivity contribution in [2.24, 2.45) is 0 Å². The number of nitrogens with zero attached hydrogens (tertiary/aromatic N) is 3. The zero-order chi connectivity index (χ0) is 22.8. The minimum absolute atomic E-state index is 0.0522. The van der Waals surface area contributed by atoms with Gasteiger partial charge in [0.25, 0.3) is 12.1 Å². The third kappa shape index (κ3) is 4.21. The van der Waals surface area contributed by atoms with Gasteiger partial charge >= 0.3 is 0 Å². The summed E-state index contributed by atoms with van der Waals surface area (Å²) in [6, 6.07) is 5.42. The molecule has 0 radical (unpaired) electrons. The molecular formula is C23H27F2N3O4. The molecule has 0 bridgehead atoms. The van der Waals surface area contributed by atoms with Crippen LogP contribution in [0.3, 0.4) is 0 Å². The van der Waals surface area contributed by atoms with Gasteiger partial charge in [0.1, 0.15) is 0 Å². The Labute approximate surface area is 185 Å². The molecule has 1 aromatic carbocycles. The molecule has 0 amide bonds. The van der Waals surface area contributed by atoms with Gasteiger partial charge in [-0.15, -0.1) is 0 Å². The maximum absolute atomic E-state index is 13.6. The fourth-order valence-corrected chi connectivity index (χ4v) is 4.40. The van der Waals surface area contributed by atoms with Gasteiger partial charge in [-0.3, -0.25) is 4.90 Å². The maximum atomic E-state index is 13.6. The largest absolute Gasteiger partial charge is 0.493 e. The number of aryl methyl sites for hydroxylation is 1. The van der Waals surface area contributed by atoms with Gasteiger partial charge in [0.2, 0.25) is 5.75 Å². The van der Waals surface area contributed by atoms with E-state index in [0.717, 1.165) is 38.0 Å². The van der Waals surface area contributed by atoms with Gasteiger partial charge < -0.3 is 18.7 Å². The fraction of sp³-hybridized carbons (Fsp3) is 0.478. The number of hydrogen-bond acceptors (Lipinski definition) is 7. The lowest BCUT2D eigenvalue weighted by molar-refractivity contribution is 0.152. The van der Waals surface area contributed by atoms with Crippen LogP contribution in [0.25, 0.3) is 11.1 Å². The minimum atomic E-state index is -2.60. The summed E-state index contributed by atoms with van der Waals surface area (Å²) in [4.78, 5) is 6.83. The van der Waals surface area contributed by atoms with E-state index in [1.54, 1.807) is 28.3 Å². The Balaban J connectivity index is 1.48. The number of pyridine rings is 1. The van der Waals surface area contributed by atoms with E-state index in [1.165, 1.54) is 6.07 Å². The predicted molar refractivity (Wildman–Crippen MR) is 115 cm³/mol. The van der Waals surface area contributed by atoms with Crippen LogP contribution >= 0.6 is 0 Å². The van der Waals surface area contributed by atoms with Gasteiger partial charge in [-0.05, 0) is 56.6 Å². The quantitative estimate of drug-likeness (QED) is 0.512. The van der Waals surface area contributed by atoms with Crippen molar-refractivity contribution in [2.75, 3.05) is 34.4 Å². The molecule has 0 spiro atoms. The highest BCUT2D eigenvalue weighted by atomic mass is 19.3. The van der Waals surface area contributed by atoms with E-state index in [2.05, 4.69) is 15.0 Å². The number of ether oxygens (including phenoxy) is 3. The van der Waals surface area contributed by atoms with Crippen LogP contribution in [0, 0.1) is 6.92 Å². The first kappa shape index (κ1) is 22.3. The summed E-state index contributed by atoms with van der Waals surface area (Å²) in [5.41, 5.74) is 2.28. The third-order valence-corrected chi connectivity index (χ3v) is 6.04. The van der Waals surface area contributed by atoms with Gasteiger partial charge in [0.15, 0.2) is 11.5 Å². The number of likely N-dealkylation sites (tertiary alicyclic amines) is 1. The molecule has 2 aromatic heterocycles. The highest BCUT2D eigenvalue weighted by Gasteiger charge is 2.26. The molecule has 32 heavy (non-hydrogen) atoms. The first-order valence-corrected chi connectivity index (χ1v) is 10.5. The number of halogens is 2. The minimum Gasteiger partial charge on any atom is -0.493 e. The molecule has 0 N–H and O–H groups in total. The lowest BCUT2D eigenvalue weighted by atomic mass is 9.91. The van der Waals surface area contributed by atoms with Crippen molar-refractivity contribution in [3.8, 4) is 17.2 Å². The fourth-order valence-electron chi connectivity index (χ4n) is 4.40. The van der Waals surface area contributed by atoms with Crippen LogP contribution < -0.4 is 14.2 Å². The number of piperidine rings is 1. The summed E-state index contributed by atoms with van der Waals surface area (Å²) >= 11 is 0. The van der Waals surface area contributed by atoms with Crippen molar-refractivity contribution in [1.29, 1.82) is 0 Å². The topological polar surface area (TPSA) is 69.9 Å². The lowest BCUT2D eigenvalue weighted by Gasteiger charge is -2.32. The SMILES string of the molecule is COc1cc(CN2CCC(c3cc(C(F)F)c4c(C)noc4n3)CC2)cc(OC)c1OC. The molecule has 1 fully saturated rings. The summed E-state index contributed by atoms with van der Waals surface area (Å²) in [6.45, 7) is 4.02. The summed E-state index contributed by atoms with van der Waals surface area (Å²) in [5.74, 6) is 1.90. The second-order valence-electron chi connectivity index (χ2n) is 7.97. The molecule has 1 aliphatic heterocycles. The van der Waals surface area contributed by atoms with Crippen LogP contribution in [0.15, 0.2) is 22.7 Å². The zero-order valence-electron chi connectivity index (χ0n) is 18.7. The lowest BCUT2D eigenvalue weighted by Crippen LogP contribution is -2.32. The van der Waals surface area contributed by atoms with Gasteiger partial charge in [-0.2, -0.15) is 0 Å². The Kier molecular flexibility index (Phi) is 6.45. The molecule has 0 saturated carbocycles. The van der Waals surface area contributed by atoms with Gasteiger partial charge in [0.05, 0.1) is 32.4 Å². The number of benzene rings is 1. The number of rotatable bonds is 7. The van der Waals surface area contributed by atoms with Crippen LogP contribution in [0.2, 0.25) is 0 Å². The summed E-state index contributed by atoms with van der Waals surface area (Å²) in [7, 11) is 4.77. The van der Waals surface area contributed by atoms with E-state index in [4.69, 9.17) is 18.7 Å². The smallest absolute Gasteiger partial charge is 0.264 e. The van der Waals surface area contributed by atoms with Gasteiger partial charge in [-0.1, -0.05) is 5.16 Å². The second kappa shape index (κ2) is 9.28. The van der Waals surface area contributed by atoms with Crippen LogP contribution in [-0.2, 0) is 6.54 Å². The Bertz CT molecular complexity index is 1070. The molecule has 0 aliphatic carbocycles. The predicted octanol–water partition coefficient (Wildman–Crippen LogP) is 4.87. The molecule has 0 unspecified atom stereocenters. The van der Waals surface area contributed by atoms with Crippen molar-refractivity contribution >= 4 is 11.1 Å². The molecule has 4 rings (SSSR count). The van der Waals surface area contributed by atoms with E-state index >= 15 is 0 Å². The Hall–Kier alpha value is -2.94. The second-order valence-corrected chi connectivity index (χ2v) is 7.97. The molecule has 3 aromatic rings. The van der Waals surface area contributed by atoms with Gasteiger partial charge in [0, 0.05) is 23.7 Å². The van der Waals surface area contributed by atoms with Crippen molar-refractivity contribution in [3.05, 3.63) is 40.7 Å². The Morgan fingerprint density at radius 2 is 1.72 bits per heavy atom. The first-order valence-electron chi connectivity index (χ1n) is 10.5. The third-order valence-electron chi connectivity index (χ3n) is 6.04. The van der Waals surface area contributed by atoms with Gasteiger partial charge in [-0.25, -0.2) is 13.8 Å².